The Morgan fingerprint density at radius 3 is 2.35 bits per heavy atom. The van der Waals surface area contributed by atoms with E-state index >= 15 is 0 Å². The Kier molecular flexibility index (Phi) is 9.02. The summed E-state index contributed by atoms with van der Waals surface area (Å²) in [6.45, 7) is 9.32. The maximum atomic E-state index is 14.1. The Balaban J connectivity index is 1.84. The molecule has 2 aliphatic heterocycles. The second-order valence-electron chi connectivity index (χ2n) is 12.2. The highest BCUT2D eigenvalue weighted by atomic mass is 19.4. The Hall–Kier alpha value is -3.03. The van der Waals surface area contributed by atoms with Crippen LogP contribution >= 0.6 is 0 Å². The van der Waals surface area contributed by atoms with E-state index in [1.165, 1.54) is 4.90 Å². The molecule has 1 saturated heterocycles. The zero-order valence-corrected chi connectivity index (χ0v) is 23.6. The molecule has 1 aromatic rings. The fourth-order valence-corrected chi connectivity index (χ4v) is 4.53. The van der Waals surface area contributed by atoms with Gasteiger partial charge in [-0.05, 0) is 33.6 Å². The molecule has 1 aromatic heterocycles. The van der Waals surface area contributed by atoms with Crippen LogP contribution in [0, 0.1) is 0 Å². The van der Waals surface area contributed by atoms with Crippen molar-refractivity contribution >= 4 is 17.9 Å². The number of aliphatic hydroxyl groups is 1. The number of piperidine rings is 1. The summed E-state index contributed by atoms with van der Waals surface area (Å²) >= 11 is 0. The lowest BCUT2D eigenvalue weighted by atomic mass is 9.93. The first kappa shape index (κ1) is 31.5. The maximum Gasteiger partial charge on any atom is 0.433 e. The third-order valence-electron chi connectivity index (χ3n) is 6.51. The van der Waals surface area contributed by atoms with E-state index in [0.717, 1.165) is 4.90 Å². The zero-order chi connectivity index (χ0) is 30.2. The minimum Gasteiger partial charge on any atom is -0.444 e. The number of carbonyl (C=O) groups is 3. The summed E-state index contributed by atoms with van der Waals surface area (Å²) in [7, 11) is 0. The molecule has 40 heavy (non-hydrogen) atoms. The van der Waals surface area contributed by atoms with E-state index in [0.29, 0.717) is 0 Å². The van der Waals surface area contributed by atoms with E-state index in [9.17, 15) is 37.1 Å². The number of aliphatic hydroxyl groups excluding tert-OH is 1. The molecule has 2 unspecified atom stereocenters. The second kappa shape index (κ2) is 11.5. The molecule has 3 rings (SSSR count). The molecule has 0 spiro atoms. The summed E-state index contributed by atoms with van der Waals surface area (Å²) in [5, 5.41) is 12.8. The number of nitrogens with zero attached hydrogens (tertiary/aromatic N) is 4. The van der Waals surface area contributed by atoms with E-state index in [2.05, 4.69) is 15.3 Å². The van der Waals surface area contributed by atoms with Crippen LogP contribution in [0.3, 0.4) is 0 Å². The molecule has 14 heteroatoms. The van der Waals surface area contributed by atoms with Gasteiger partial charge in [0.1, 0.15) is 17.6 Å². The van der Waals surface area contributed by atoms with Crippen LogP contribution in [0.15, 0.2) is 0 Å². The van der Waals surface area contributed by atoms with Gasteiger partial charge in [0.25, 0.3) is 0 Å². The van der Waals surface area contributed by atoms with Gasteiger partial charge >= 0.3 is 12.3 Å². The van der Waals surface area contributed by atoms with Crippen molar-refractivity contribution < 1.29 is 41.8 Å². The SMILES string of the molecule is CC(C)(C)OC(=O)NC(CC(=O)N1CCc2c(nc(C(C)(C)C)nc2C(F)(F)F)C1)CN1C(=O)CC[C@H](F)C1O. The summed E-state index contributed by atoms with van der Waals surface area (Å²) < 4.78 is 60.9. The third-order valence-corrected chi connectivity index (χ3v) is 6.51. The van der Waals surface area contributed by atoms with Crippen LogP contribution in [0.4, 0.5) is 22.4 Å². The van der Waals surface area contributed by atoms with Crippen LogP contribution in [0.5, 0.6) is 0 Å². The molecule has 3 heterocycles. The third kappa shape index (κ3) is 7.79. The Bertz CT molecular complexity index is 1130. The van der Waals surface area contributed by atoms with Crippen LogP contribution in [-0.4, -0.2) is 79.9 Å². The van der Waals surface area contributed by atoms with Crippen molar-refractivity contribution in [2.45, 2.75) is 109 Å². The number of hydrogen-bond acceptors (Lipinski definition) is 7. The maximum absolute atomic E-state index is 14.1. The van der Waals surface area contributed by atoms with Gasteiger partial charge in [-0.3, -0.25) is 9.59 Å². The lowest BCUT2D eigenvalue weighted by molar-refractivity contribution is -0.156. The summed E-state index contributed by atoms with van der Waals surface area (Å²) in [5.41, 5.74) is -2.65. The lowest BCUT2D eigenvalue weighted by Crippen LogP contribution is -2.56. The largest absolute Gasteiger partial charge is 0.444 e. The van der Waals surface area contributed by atoms with E-state index in [-0.39, 0.29) is 62.4 Å². The van der Waals surface area contributed by atoms with Crippen LogP contribution in [0.25, 0.3) is 0 Å². The number of amides is 3. The van der Waals surface area contributed by atoms with E-state index in [1.54, 1.807) is 41.5 Å². The number of likely N-dealkylation sites (tertiary alicyclic amines) is 1. The number of aromatic nitrogens is 2. The number of halogens is 4. The lowest BCUT2D eigenvalue weighted by Gasteiger charge is -2.37. The molecule has 1 fully saturated rings. The van der Waals surface area contributed by atoms with Crippen molar-refractivity contribution in [1.29, 1.82) is 0 Å². The number of ether oxygens (including phenoxy) is 1. The number of hydrogen-bond donors (Lipinski definition) is 2. The Morgan fingerprint density at radius 2 is 1.77 bits per heavy atom. The fourth-order valence-electron chi connectivity index (χ4n) is 4.53. The van der Waals surface area contributed by atoms with Gasteiger partial charge < -0.3 is 25.0 Å². The quantitative estimate of drug-likeness (QED) is 0.517. The van der Waals surface area contributed by atoms with Crippen molar-refractivity contribution in [2.75, 3.05) is 13.1 Å². The predicted molar refractivity (Wildman–Crippen MR) is 134 cm³/mol. The molecule has 224 valence electrons. The fraction of sp³-hybridized carbons (Fsp3) is 0.731. The van der Waals surface area contributed by atoms with E-state index in [1.807, 2.05) is 0 Å². The second-order valence-corrected chi connectivity index (χ2v) is 12.2. The van der Waals surface area contributed by atoms with Gasteiger partial charge in [0, 0.05) is 36.9 Å². The smallest absolute Gasteiger partial charge is 0.433 e. The number of alkyl carbamates (subject to hydrolysis) is 1. The normalized spacial score (nSPS) is 21.1. The molecular formula is C26H37F4N5O5. The summed E-state index contributed by atoms with van der Waals surface area (Å²) in [6, 6.07) is -1.08. The molecular weight excluding hydrogens is 538 g/mol. The van der Waals surface area contributed by atoms with Gasteiger partial charge in [-0.1, -0.05) is 20.8 Å². The highest BCUT2D eigenvalue weighted by Crippen LogP contribution is 2.35. The van der Waals surface area contributed by atoms with Crippen molar-refractivity contribution in [3.8, 4) is 0 Å². The molecule has 3 amide bonds. The molecule has 3 atom stereocenters. The van der Waals surface area contributed by atoms with Gasteiger partial charge in [-0.15, -0.1) is 0 Å². The average Bonchev–Trinajstić information content (AvgIpc) is 2.80. The van der Waals surface area contributed by atoms with Crippen LogP contribution in [-0.2, 0) is 38.9 Å². The van der Waals surface area contributed by atoms with Crippen LogP contribution in [0.1, 0.15) is 83.6 Å². The van der Waals surface area contributed by atoms with Gasteiger partial charge in [0.05, 0.1) is 18.3 Å². The molecule has 0 radical (unpaired) electrons. The first-order valence-electron chi connectivity index (χ1n) is 13.1. The Morgan fingerprint density at radius 1 is 1.12 bits per heavy atom. The minimum absolute atomic E-state index is 0.00396. The molecule has 2 aliphatic rings. The minimum atomic E-state index is -4.70. The predicted octanol–water partition coefficient (Wildman–Crippen LogP) is 3.24. The molecule has 0 aliphatic carbocycles. The van der Waals surface area contributed by atoms with Crippen molar-refractivity contribution in [1.82, 2.24) is 25.1 Å². The van der Waals surface area contributed by atoms with Crippen molar-refractivity contribution in [3.63, 3.8) is 0 Å². The number of fused-ring (bicyclic) bond motifs is 1. The highest BCUT2D eigenvalue weighted by molar-refractivity contribution is 5.80. The molecule has 2 N–H and O–H groups in total. The summed E-state index contributed by atoms with van der Waals surface area (Å²) in [4.78, 5) is 48.6. The standard InChI is InChI=1S/C26H37F4N5O5/c1-24(2,3)22-32-17-13-34(10-9-15(17)20(33-22)26(28,29)30)19(37)11-14(31-23(39)40-25(4,5)6)12-35-18(36)8-7-16(27)21(35)38/h14,16,21,38H,7-13H2,1-6H3,(H,31,39)/t14?,16-,21?/m0/s1. The number of carbonyl (C=O) groups excluding carboxylic acids is 3. The summed E-state index contributed by atoms with van der Waals surface area (Å²) in [6.07, 6.45) is -9.82. The monoisotopic (exact) mass is 575 g/mol. The number of alkyl halides is 4. The molecule has 0 saturated carbocycles. The first-order chi connectivity index (χ1) is 18.3. The Labute approximate surface area is 230 Å². The number of rotatable bonds is 5. The topological polar surface area (TPSA) is 125 Å². The highest BCUT2D eigenvalue weighted by Gasteiger charge is 2.41. The molecule has 0 bridgehead atoms. The van der Waals surface area contributed by atoms with Crippen molar-refractivity contribution in [2.24, 2.45) is 0 Å². The summed E-state index contributed by atoms with van der Waals surface area (Å²) in [5.74, 6) is -1.08. The van der Waals surface area contributed by atoms with Gasteiger partial charge in [0.15, 0.2) is 11.9 Å². The molecule has 0 aromatic carbocycles. The average molecular weight is 576 g/mol. The van der Waals surface area contributed by atoms with Crippen LogP contribution < -0.4 is 5.32 Å². The van der Waals surface area contributed by atoms with Crippen molar-refractivity contribution in [3.05, 3.63) is 22.8 Å². The molecule has 10 nitrogen and oxygen atoms in total. The van der Waals surface area contributed by atoms with Gasteiger partial charge in [-0.2, -0.15) is 13.2 Å². The van der Waals surface area contributed by atoms with E-state index < -0.39 is 59.2 Å². The van der Waals surface area contributed by atoms with Gasteiger partial charge in [0.2, 0.25) is 11.8 Å². The van der Waals surface area contributed by atoms with Crippen LogP contribution in [0.2, 0.25) is 0 Å². The van der Waals surface area contributed by atoms with E-state index in [4.69, 9.17) is 4.74 Å². The van der Waals surface area contributed by atoms with Gasteiger partial charge in [-0.25, -0.2) is 19.2 Å². The zero-order valence-electron chi connectivity index (χ0n) is 23.6. The first-order valence-corrected chi connectivity index (χ1v) is 13.1. The number of nitrogens with one attached hydrogen (secondary N) is 1.